The number of ether oxygens (including phenoxy) is 1. The number of nitrogens with zero attached hydrogens (tertiary/aromatic N) is 2. The number of hydrogen-bond donors (Lipinski definition) is 1. The summed E-state index contributed by atoms with van der Waals surface area (Å²) < 4.78 is 7.14. The summed E-state index contributed by atoms with van der Waals surface area (Å²) in [5, 5.41) is 4.15. The van der Waals surface area contributed by atoms with Crippen LogP contribution in [0.1, 0.15) is 19.0 Å². The Morgan fingerprint density at radius 1 is 1.62 bits per heavy atom. The second-order valence-corrected chi connectivity index (χ2v) is 2.98. The van der Waals surface area contributed by atoms with Gasteiger partial charge in [0.15, 0.2) is 0 Å². The summed E-state index contributed by atoms with van der Waals surface area (Å²) in [5.74, 6) is 0.592. The van der Waals surface area contributed by atoms with Crippen molar-refractivity contribution in [1.82, 2.24) is 9.78 Å². The first-order chi connectivity index (χ1) is 6.24. The number of nitrogens with two attached hydrogens (primary N) is 1. The van der Waals surface area contributed by atoms with Crippen LogP contribution in [0.3, 0.4) is 0 Å². The minimum Gasteiger partial charge on any atom is -0.382 e. The molecule has 0 bridgehead atoms. The zero-order valence-electron chi connectivity index (χ0n) is 8.29. The second kappa shape index (κ2) is 4.87. The molecule has 0 atom stereocenters. The SMILES string of the molecule is CCOCCCn1nc(N)cc1C. The van der Waals surface area contributed by atoms with E-state index in [9.17, 15) is 0 Å². The molecule has 1 aromatic rings. The minimum atomic E-state index is 0.592. The zero-order chi connectivity index (χ0) is 9.68. The largest absolute Gasteiger partial charge is 0.382 e. The second-order valence-electron chi connectivity index (χ2n) is 2.98. The topological polar surface area (TPSA) is 53.1 Å². The minimum absolute atomic E-state index is 0.592. The molecule has 1 aromatic heterocycles. The molecule has 0 fully saturated rings. The summed E-state index contributed by atoms with van der Waals surface area (Å²) in [4.78, 5) is 0. The van der Waals surface area contributed by atoms with Gasteiger partial charge in [0, 0.05) is 31.5 Å². The van der Waals surface area contributed by atoms with E-state index in [0.29, 0.717) is 5.82 Å². The van der Waals surface area contributed by atoms with E-state index in [4.69, 9.17) is 10.5 Å². The van der Waals surface area contributed by atoms with Crippen molar-refractivity contribution in [3.8, 4) is 0 Å². The molecule has 4 nitrogen and oxygen atoms in total. The van der Waals surface area contributed by atoms with Crippen LogP contribution >= 0.6 is 0 Å². The van der Waals surface area contributed by atoms with E-state index in [2.05, 4.69) is 5.10 Å². The van der Waals surface area contributed by atoms with Gasteiger partial charge in [-0.25, -0.2) is 0 Å². The standard InChI is InChI=1S/C9H17N3O/c1-3-13-6-4-5-12-8(2)7-9(10)11-12/h7H,3-6H2,1-2H3,(H2,10,11). The third-order valence-corrected chi connectivity index (χ3v) is 1.86. The van der Waals surface area contributed by atoms with Crippen molar-refractivity contribution in [1.29, 1.82) is 0 Å². The number of nitrogen functional groups attached to an aromatic ring is 1. The molecule has 1 rings (SSSR count). The summed E-state index contributed by atoms with van der Waals surface area (Å²) in [7, 11) is 0. The summed E-state index contributed by atoms with van der Waals surface area (Å²) in [6.45, 7) is 6.44. The lowest BCUT2D eigenvalue weighted by Crippen LogP contribution is -2.06. The molecule has 0 aromatic carbocycles. The fourth-order valence-electron chi connectivity index (χ4n) is 1.22. The summed E-state index contributed by atoms with van der Waals surface area (Å²) in [6.07, 6.45) is 0.982. The molecule has 0 radical (unpaired) electrons. The molecule has 0 saturated heterocycles. The first-order valence-electron chi connectivity index (χ1n) is 4.61. The molecular weight excluding hydrogens is 166 g/mol. The summed E-state index contributed by atoms with van der Waals surface area (Å²) >= 11 is 0. The molecule has 0 aliphatic heterocycles. The van der Waals surface area contributed by atoms with E-state index in [0.717, 1.165) is 31.9 Å². The maximum Gasteiger partial charge on any atom is 0.145 e. The van der Waals surface area contributed by atoms with Crippen LogP contribution in [0.5, 0.6) is 0 Å². The molecule has 13 heavy (non-hydrogen) atoms. The number of aryl methyl sites for hydroxylation is 2. The van der Waals surface area contributed by atoms with Crippen LogP contribution in [0.25, 0.3) is 0 Å². The van der Waals surface area contributed by atoms with E-state index in [1.54, 1.807) is 0 Å². The van der Waals surface area contributed by atoms with Gasteiger partial charge in [-0.3, -0.25) is 4.68 Å². The summed E-state index contributed by atoms with van der Waals surface area (Å²) in [5.41, 5.74) is 6.65. The van der Waals surface area contributed by atoms with E-state index < -0.39 is 0 Å². The van der Waals surface area contributed by atoms with E-state index in [1.807, 2.05) is 24.6 Å². The normalized spacial score (nSPS) is 10.6. The third-order valence-electron chi connectivity index (χ3n) is 1.86. The molecule has 0 unspecified atom stereocenters. The Balaban J connectivity index is 2.32. The van der Waals surface area contributed by atoms with Crippen LogP contribution < -0.4 is 5.73 Å². The molecule has 1 heterocycles. The Kier molecular flexibility index (Phi) is 3.76. The maximum atomic E-state index is 5.55. The predicted molar refractivity (Wildman–Crippen MR) is 52.5 cm³/mol. The van der Waals surface area contributed by atoms with Crippen LogP contribution in [0.4, 0.5) is 5.82 Å². The molecule has 2 N–H and O–H groups in total. The lowest BCUT2D eigenvalue weighted by Gasteiger charge is -2.03. The Bertz CT molecular complexity index is 257. The first kappa shape index (κ1) is 10.1. The molecule has 74 valence electrons. The lowest BCUT2D eigenvalue weighted by atomic mass is 10.4. The zero-order valence-corrected chi connectivity index (χ0v) is 8.29. The van der Waals surface area contributed by atoms with Gasteiger partial charge in [-0.15, -0.1) is 0 Å². The number of rotatable bonds is 5. The molecule has 0 aliphatic rings. The number of hydrogen-bond acceptors (Lipinski definition) is 3. The van der Waals surface area contributed by atoms with Crippen molar-refractivity contribution < 1.29 is 4.74 Å². The average Bonchev–Trinajstić information content (AvgIpc) is 2.39. The monoisotopic (exact) mass is 183 g/mol. The van der Waals surface area contributed by atoms with Gasteiger partial charge < -0.3 is 10.5 Å². The first-order valence-corrected chi connectivity index (χ1v) is 4.61. The van der Waals surface area contributed by atoms with Gasteiger partial charge in [0.25, 0.3) is 0 Å². The average molecular weight is 183 g/mol. The highest BCUT2D eigenvalue weighted by molar-refractivity contribution is 5.28. The van der Waals surface area contributed by atoms with Gasteiger partial charge in [0.05, 0.1) is 0 Å². The quantitative estimate of drug-likeness (QED) is 0.698. The van der Waals surface area contributed by atoms with Gasteiger partial charge in [-0.2, -0.15) is 5.10 Å². The highest BCUT2D eigenvalue weighted by Crippen LogP contribution is 2.04. The molecular formula is C9H17N3O. The Hall–Kier alpha value is -1.03. The fraction of sp³-hybridized carbons (Fsp3) is 0.667. The smallest absolute Gasteiger partial charge is 0.145 e. The van der Waals surface area contributed by atoms with Crippen molar-refractivity contribution in [2.45, 2.75) is 26.8 Å². The van der Waals surface area contributed by atoms with E-state index in [1.165, 1.54) is 0 Å². The maximum absolute atomic E-state index is 5.55. The molecule has 4 heteroatoms. The molecule has 0 saturated carbocycles. The van der Waals surface area contributed by atoms with E-state index >= 15 is 0 Å². The third kappa shape index (κ3) is 3.06. The van der Waals surface area contributed by atoms with Gasteiger partial charge in [0.2, 0.25) is 0 Å². The Morgan fingerprint density at radius 3 is 2.92 bits per heavy atom. The van der Waals surface area contributed by atoms with Gasteiger partial charge >= 0.3 is 0 Å². The van der Waals surface area contributed by atoms with Gasteiger partial charge in [-0.1, -0.05) is 0 Å². The highest BCUT2D eigenvalue weighted by Gasteiger charge is 1.99. The van der Waals surface area contributed by atoms with E-state index in [-0.39, 0.29) is 0 Å². The molecule has 0 amide bonds. The van der Waals surface area contributed by atoms with Crippen LogP contribution in [-0.2, 0) is 11.3 Å². The number of aromatic nitrogens is 2. The number of anilines is 1. The van der Waals surface area contributed by atoms with Crippen molar-refractivity contribution in [2.75, 3.05) is 18.9 Å². The summed E-state index contributed by atoms with van der Waals surface area (Å²) in [6, 6.07) is 1.88. The van der Waals surface area contributed by atoms with Crippen LogP contribution in [0.2, 0.25) is 0 Å². The van der Waals surface area contributed by atoms with Crippen LogP contribution in [-0.4, -0.2) is 23.0 Å². The Morgan fingerprint density at radius 2 is 2.38 bits per heavy atom. The van der Waals surface area contributed by atoms with Crippen molar-refractivity contribution in [3.63, 3.8) is 0 Å². The highest BCUT2D eigenvalue weighted by atomic mass is 16.5. The Labute approximate surface area is 78.7 Å². The van der Waals surface area contributed by atoms with Crippen molar-refractivity contribution in [3.05, 3.63) is 11.8 Å². The molecule has 0 aliphatic carbocycles. The molecule has 0 spiro atoms. The van der Waals surface area contributed by atoms with Crippen LogP contribution in [0, 0.1) is 6.92 Å². The fourth-order valence-corrected chi connectivity index (χ4v) is 1.22. The predicted octanol–water partition coefficient (Wildman–Crippen LogP) is 1.20. The van der Waals surface area contributed by atoms with Gasteiger partial charge in [-0.05, 0) is 20.3 Å². The van der Waals surface area contributed by atoms with Crippen molar-refractivity contribution >= 4 is 5.82 Å². The van der Waals surface area contributed by atoms with Gasteiger partial charge in [0.1, 0.15) is 5.82 Å². The van der Waals surface area contributed by atoms with Crippen LogP contribution in [0.15, 0.2) is 6.07 Å². The van der Waals surface area contributed by atoms with Crippen molar-refractivity contribution in [2.24, 2.45) is 0 Å². The lowest BCUT2D eigenvalue weighted by molar-refractivity contribution is 0.140.